The maximum absolute atomic E-state index is 5.21. The lowest BCUT2D eigenvalue weighted by Crippen LogP contribution is -2.00. The molecule has 0 bridgehead atoms. The standard InChI is InChI=1S/C48H29N5S/c1-2-12-31(13-3-1)46-50-47(52-48(51-46)33-26-28-34(29-27-33)53-40-19-9-5-14-35(40)36-15-6-10-20-41(36)53)32-24-22-30(23-25-32)44-45-43(37-16-4-8-18-39(37)49-44)38-17-7-11-21-42(38)54-45/h1-29H. The molecule has 0 spiro atoms. The second-order valence-corrected chi connectivity index (χ2v) is 14.5. The fraction of sp³-hybridized carbons (Fsp3) is 0. The first-order valence-electron chi connectivity index (χ1n) is 18.0. The normalized spacial score (nSPS) is 11.7. The Morgan fingerprint density at radius 3 is 1.50 bits per heavy atom. The van der Waals surface area contributed by atoms with Crippen molar-refractivity contribution in [1.82, 2.24) is 24.5 Å². The van der Waals surface area contributed by atoms with E-state index in [1.807, 2.05) is 30.3 Å². The van der Waals surface area contributed by atoms with Gasteiger partial charge in [-0.3, -0.25) is 0 Å². The summed E-state index contributed by atoms with van der Waals surface area (Å²) >= 11 is 1.80. The molecule has 4 aromatic heterocycles. The van der Waals surface area contributed by atoms with Crippen LogP contribution in [0.25, 0.3) is 104 Å². The zero-order valence-electron chi connectivity index (χ0n) is 28.9. The van der Waals surface area contributed by atoms with Gasteiger partial charge in [0.25, 0.3) is 0 Å². The number of fused-ring (bicyclic) bond motifs is 8. The molecular formula is C48H29N5S. The highest BCUT2D eigenvalue weighted by Crippen LogP contribution is 2.43. The zero-order valence-corrected chi connectivity index (χ0v) is 29.7. The predicted molar refractivity (Wildman–Crippen MR) is 224 cm³/mol. The van der Waals surface area contributed by atoms with Crippen molar-refractivity contribution in [2.24, 2.45) is 0 Å². The van der Waals surface area contributed by atoms with E-state index in [1.54, 1.807) is 11.3 Å². The number of nitrogens with zero attached hydrogens (tertiary/aromatic N) is 5. The quantitative estimate of drug-likeness (QED) is 0.179. The molecule has 11 rings (SSSR count). The minimum absolute atomic E-state index is 0.621. The van der Waals surface area contributed by atoms with E-state index in [2.05, 4.69) is 150 Å². The average molecular weight is 708 g/mol. The van der Waals surface area contributed by atoms with Gasteiger partial charge in [-0.25, -0.2) is 19.9 Å². The Balaban J connectivity index is 1.02. The number of pyridine rings is 1. The molecule has 11 aromatic rings. The van der Waals surface area contributed by atoms with Crippen molar-refractivity contribution in [1.29, 1.82) is 0 Å². The second-order valence-electron chi connectivity index (χ2n) is 13.4. The minimum atomic E-state index is 0.621. The van der Waals surface area contributed by atoms with E-state index >= 15 is 0 Å². The van der Waals surface area contributed by atoms with Gasteiger partial charge in [-0.05, 0) is 48.5 Å². The lowest BCUT2D eigenvalue weighted by Gasteiger charge is -2.11. The van der Waals surface area contributed by atoms with E-state index in [-0.39, 0.29) is 0 Å². The lowest BCUT2D eigenvalue weighted by atomic mass is 10.0. The third-order valence-electron chi connectivity index (χ3n) is 10.3. The molecule has 0 atom stereocenters. The Labute approximate surface area is 314 Å². The molecule has 0 amide bonds. The summed E-state index contributed by atoms with van der Waals surface area (Å²) in [4.78, 5) is 20.3. The summed E-state index contributed by atoms with van der Waals surface area (Å²) in [5.74, 6) is 1.88. The number of para-hydroxylation sites is 3. The van der Waals surface area contributed by atoms with Crippen LogP contribution < -0.4 is 0 Å². The van der Waals surface area contributed by atoms with Crippen LogP contribution >= 0.6 is 11.3 Å². The monoisotopic (exact) mass is 707 g/mol. The van der Waals surface area contributed by atoms with E-state index in [9.17, 15) is 0 Å². The second kappa shape index (κ2) is 12.3. The van der Waals surface area contributed by atoms with E-state index in [0.717, 1.165) is 39.2 Å². The average Bonchev–Trinajstić information content (AvgIpc) is 3.81. The molecule has 5 nitrogen and oxygen atoms in total. The highest BCUT2D eigenvalue weighted by atomic mass is 32.1. The Morgan fingerprint density at radius 1 is 0.370 bits per heavy atom. The van der Waals surface area contributed by atoms with Crippen molar-refractivity contribution < 1.29 is 0 Å². The van der Waals surface area contributed by atoms with Gasteiger partial charge in [-0.15, -0.1) is 11.3 Å². The van der Waals surface area contributed by atoms with Crippen molar-refractivity contribution in [3.63, 3.8) is 0 Å². The van der Waals surface area contributed by atoms with Crippen LogP contribution in [0.4, 0.5) is 0 Å². The number of benzene rings is 7. The summed E-state index contributed by atoms with van der Waals surface area (Å²) in [7, 11) is 0. The van der Waals surface area contributed by atoms with Crippen molar-refractivity contribution in [3.8, 4) is 51.1 Å². The van der Waals surface area contributed by atoms with Crippen molar-refractivity contribution in [2.75, 3.05) is 0 Å². The van der Waals surface area contributed by atoms with E-state index < -0.39 is 0 Å². The molecule has 6 heteroatoms. The largest absolute Gasteiger partial charge is 0.309 e. The Bertz CT molecular complexity index is 3150. The first-order valence-corrected chi connectivity index (χ1v) is 18.8. The molecule has 0 saturated heterocycles. The van der Waals surface area contributed by atoms with Gasteiger partial charge in [0, 0.05) is 59.6 Å². The summed E-state index contributed by atoms with van der Waals surface area (Å²) in [6, 6.07) is 61.3. The van der Waals surface area contributed by atoms with Gasteiger partial charge >= 0.3 is 0 Å². The highest BCUT2D eigenvalue weighted by molar-refractivity contribution is 7.26. The van der Waals surface area contributed by atoms with Crippen molar-refractivity contribution in [2.45, 2.75) is 0 Å². The van der Waals surface area contributed by atoms with E-state index in [0.29, 0.717) is 17.5 Å². The van der Waals surface area contributed by atoms with Crippen LogP contribution in [0.1, 0.15) is 0 Å². The minimum Gasteiger partial charge on any atom is -0.309 e. The molecule has 54 heavy (non-hydrogen) atoms. The molecule has 0 aliphatic rings. The predicted octanol–water partition coefficient (Wildman–Crippen LogP) is 12.6. The Kier molecular flexibility index (Phi) is 6.97. The summed E-state index contributed by atoms with van der Waals surface area (Å²) in [5, 5.41) is 6.19. The third kappa shape index (κ3) is 4.92. The number of hydrogen-bond donors (Lipinski definition) is 0. The molecule has 4 heterocycles. The van der Waals surface area contributed by atoms with Crippen LogP contribution in [-0.4, -0.2) is 24.5 Å². The third-order valence-corrected chi connectivity index (χ3v) is 11.4. The van der Waals surface area contributed by atoms with Gasteiger partial charge in [0.05, 0.1) is 26.9 Å². The van der Waals surface area contributed by atoms with Crippen LogP contribution in [-0.2, 0) is 0 Å². The maximum atomic E-state index is 5.21. The van der Waals surface area contributed by atoms with Gasteiger partial charge in [0.2, 0.25) is 0 Å². The van der Waals surface area contributed by atoms with Gasteiger partial charge in [-0.2, -0.15) is 0 Å². The number of thiophene rings is 1. The Morgan fingerprint density at radius 2 is 0.852 bits per heavy atom. The van der Waals surface area contributed by atoms with Gasteiger partial charge in [0.15, 0.2) is 17.5 Å². The molecular weight excluding hydrogens is 679 g/mol. The molecule has 0 radical (unpaired) electrons. The molecule has 0 unspecified atom stereocenters. The van der Waals surface area contributed by atoms with Gasteiger partial charge in [0.1, 0.15) is 0 Å². The number of aromatic nitrogens is 5. The summed E-state index contributed by atoms with van der Waals surface area (Å²) < 4.78 is 4.78. The summed E-state index contributed by atoms with van der Waals surface area (Å²) in [5.41, 5.74) is 9.24. The Hall–Kier alpha value is -7.02. The first-order chi connectivity index (χ1) is 26.8. The fourth-order valence-electron chi connectivity index (χ4n) is 7.72. The smallest absolute Gasteiger partial charge is 0.164 e. The van der Waals surface area contributed by atoms with Crippen LogP contribution in [0.3, 0.4) is 0 Å². The molecule has 7 aromatic carbocycles. The lowest BCUT2D eigenvalue weighted by molar-refractivity contribution is 1.07. The van der Waals surface area contributed by atoms with Crippen LogP contribution in [0.2, 0.25) is 0 Å². The molecule has 0 aliphatic carbocycles. The molecule has 252 valence electrons. The van der Waals surface area contributed by atoms with Gasteiger partial charge in [-0.1, -0.05) is 127 Å². The van der Waals surface area contributed by atoms with Crippen LogP contribution in [0, 0.1) is 0 Å². The number of rotatable bonds is 5. The van der Waals surface area contributed by atoms with E-state index in [4.69, 9.17) is 19.9 Å². The van der Waals surface area contributed by atoms with Crippen LogP contribution in [0.5, 0.6) is 0 Å². The fourth-order valence-corrected chi connectivity index (χ4v) is 8.95. The molecule has 0 N–H and O–H groups in total. The highest BCUT2D eigenvalue weighted by Gasteiger charge is 2.18. The molecule has 0 saturated carbocycles. The summed E-state index contributed by atoms with van der Waals surface area (Å²) in [6.45, 7) is 0. The van der Waals surface area contributed by atoms with Crippen molar-refractivity contribution >= 4 is 64.2 Å². The first kappa shape index (κ1) is 30.6. The van der Waals surface area contributed by atoms with Gasteiger partial charge < -0.3 is 4.57 Å². The van der Waals surface area contributed by atoms with E-state index in [1.165, 1.54) is 47.4 Å². The zero-order chi connectivity index (χ0) is 35.6. The number of hydrogen-bond acceptors (Lipinski definition) is 5. The maximum Gasteiger partial charge on any atom is 0.164 e. The topological polar surface area (TPSA) is 56.5 Å². The molecule has 0 aliphatic heterocycles. The SMILES string of the molecule is c1ccc(-c2nc(-c3ccc(-c4nc5ccccc5c5c4sc4ccccc45)cc3)nc(-c3ccc(-n4c5ccccc5c5ccccc54)cc3)n2)cc1. The van der Waals surface area contributed by atoms with Crippen molar-refractivity contribution in [3.05, 3.63) is 176 Å². The summed E-state index contributed by atoms with van der Waals surface area (Å²) in [6.07, 6.45) is 0. The van der Waals surface area contributed by atoms with Crippen LogP contribution in [0.15, 0.2) is 176 Å². The molecule has 0 fully saturated rings.